The number of carbonyl (C=O) groups excluding carboxylic acids is 1. The first-order chi connectivity index (χ1) is 10.8. The van der Waals surface area contributed by atoms with Gasteiger partial charge in [-0.3, -0.25) is 15.2 Å². The molecule has 2 atom stereocenters. The normalized spacial score (nSPS) is 23.5. The highest BCUT2D eigenvalue weighted by atomic mass is 19.4. The van der Waals surface area contributed by atoms with Crippen molar-refractivity contribution in [2.24, 2.45) is 16.9 Å². The summed E-state index contributed by atoms with van der Waals surface area (Å²) in [4.78, 5) is 37.8. The number of nitrogens with zero attached hydrogens (tertiary/aromatic N) is 1. The number of hydrogen-bond donors (Lipinski definition) is 3. The summed E-state index contributed by atoms with van der Waals surface area (Å²) in [6, 6.07) is 0. The van der Waals surface area contributed by atoms with Crippen LogP contribution in [0.4, 0.5) is 13.2 Å². The molecule has 0 amide bonds. The molecule has 0 bridgehead atoms. The van der Waals surface area contributed by atoms with Crippen molar-refractivity contribution in [3.8, 4) is 0 Å². The molecule has 2 unspecified atom stereocenters. The Morgan fingerprint density at radius 3 is 2.61 bits per heavy atom. The number of hydrazone groups is 1. The lowest BCUT2D eigenvalue weighted by atomic mass is 10.0. The maximum Gasteiger partial charge on any atom is 0.392 e. The van der Waals surface area contributed by atoms with Crippen molar-refractivity contribution in [2.45, 2.75) is 12.6 Å². The minimum Gasteiger partial charge on any atom is -0.313 e. The summed E-state index contributed by atoms with van der Waals surface area (Å²) < 4.78 is 38.2. The molecule has 2 aliphatic rings. The van der Waals surface area contributed by atoms with Crippen molar-refractivity contribution in [2.75, 3.05) is 0 Å². The van der Waals surface area contributed by atoms with Gasteiger partial charge in [-0.1, -0.05) is 0 Å². The van der Waals surface area contributed by atoms with Gasteiger partial charge in [0.15, 0.2) is 5.94 Å². The number of H-pyrrole nitrogens is 2. The van der Waals surface area contributed by atoms with Crippen molar-refractivity contribution >= 4 is 11.7 Å². The van der Waals surface area contributed by atoms with Gasteiger partial charge in [0.1, 0.15) is 5.70 Å². The molecular formula is C13H9F3N4O3. The van der Waals surface area contributed by atoms with Gasteiger partial charge in [-0.05, 0) is 24.0 Å². The molecule has 0 radical (unpaired) electrons. The molecular weight excluding hydrogens is 317 g/mol. The first-order valence-corrected chi connectivity index (χ1v) is 6.51. The smallest absolute Gasteiger partial charge is 0.313 e. The maximum absolute atomic E-state index is 12.7. The van der Waals surface area contributed by atoms with E-state index in [2.05, 4.69) is 15.5 Å². The number of hydrogen-bond acceptors (Lipinski definition) is 5. The van der Waals surface area contributed by atoms with Crippen molar-refractivity contribution < 1.29 is 18.0 Å². The topological polar surface area (TPSA) is 107 Å². The Labute approximate surface area is 125 Å². The number of halogens is 3. The van der Waals surface area contributed by atoms with Crippen LogP contribution in [0.15, 0.2) is 38.2 Å². The quantitative estimate of drug-likeness (QED) is 0.675. The zero-order chi connectivity index (χ0) is 16.8. The first-order valence-electron chi connectivity index (χ1n) is 6.51. The van der Waals surface area contributed by atoms with E-state index in [9.17, 15) is 27.6 Å². The second-order valence-electron chi connectivity index (χ2n) is 5.16. The minimum atomic E-state index is -4.36. The summed E-state index contributed by atoms with van der Waals surface area (Å²) in [5.41, 5.74) is 0.724. The number of aromatic amines is 2. The summed E-state index contributed by atoms with van der Waals surface area (Å²) in [5, 5.41) is 3.76. The van der Waals surface area contributed by atoms with Crippen LogP contribution in [-0.4, -0.2) is 27.8 Å². The summed E-state index contributed by atoms with van der Waals surface area (Å²) >= 11 is 0. The second-order valence-corrected chi connectivity index (χ2v) is 5.16. The lowest BCUT2D eigenvalue weighted by Gasteiger charge is -2.15. The van der Waals surface area contributed by atoms with Gasteiger partial charge in [0.05, 0.1) is 17.2 Å². The number of alkyl halides is 3. The van der Waals surface area contributed by atoms with Gasteiger partial charge in [0, 0.05) is 6.20 Å². The van der Waals surface area contributed by atoms with E-state index in [-0.39, 0.29) is 29.0 Å². The molecule has 1 aromatic rings. The largest absolute Gasteiger partial charge is 0.392 e. The zero-order valence-electron chi connectivity index (χ0n) is 11.3. The third kappa shape index (κ3) is 2.76. The Balaban J connectivity index is 1.99. The average Bonchev–Trinajstić information content (AvgIpc) is 3.27. The number of allylic oxidation sites excluding steroid dienone is 2. The van der Waals surface area contributed by atoms with Crippen LogP contribution >= 0.6 is 0 Å². The Kier molecular flexibility index (Phi) is 3.33. The monoisotopic (exact) mass is 326 g/mol. The molecule has 23 heavy (non-hydrogen) atoms. The first kappa shape index (κ1) is 15.0. The van der Waals surface area contributed by atoms with Crippen LogP contribution in [0.5, 0.6) is 0 Å². The Hall–Kier alpha value is -2.87. The lowest BCUT2D eigenvalue weighted by molar-refractivity contribution is -0.149. The van der Waals surface area contributed by atoms with E-state index in [0.29, 0.717) is 0 Å². The van der Waals surface area contributed by atoms with E-state index in [4.69, 9.17) is 0 Å². The molecule has 3 N–H and O–H groups in total. The predicted molar refractivity (Wildman–Crippen MR) is 72.3 cm³/mol. The standard InChI is InChI=1S/C13H9F3N4O3/c14-13(15,16)8-1-5(8)6-2-9(19-20-10(6)4-21)7-3-17-12(23)18-11(7)22/h2-3,5,8,20H,1H2,(H2,17,18,22,23). The van der Waals surface area contributed by atoms with Crippen LogP contribution < -0.4 is 16.7 Å². The minimum absolute atomic E-state index is 0.0179. The van der Waals surface area contributed by atoms with E-state index in [1.807, 2.05) is 4.98 Å². The Bertz CT molecular complexity index is 887. The highest BCUT2D eigenvalue weighted by molar-refractivity contribution is 6.09. The molecule has 0 aromatic carbocycles. The fraction of sp³-hybridized carbons (Fsp3) is 0.308. The summed E-state index contributed by atoms with van der Waals surface area (Å²) in [5.74, 6) is -0.906. The Morgan fingerprint density at radius 2 is 2.04 bits per heavy atom. The van der Waals surface area contributed by atoms with E-state index in [1.165, 1.54) is 12.0 Å². The second kappa shape index (κ2) is 5.10. The van der Waals surface area contributed by atoms with Gasteiger partial charge in [-0.2, -0.15) is 18.3 Å². The van der Waals surface area contributed by atoms with E-state index in [0.717, 1.165) is 6.20 Å². The van der Waals surface area contributed by atoms with Crippen molar-refractivity contribution in [1.29, 1.82) is 0 Å². The van der Waals surface area contributed by atoms with Gasteiger partial charge in [0.2, 0.25) is 0 Å². The van der Waals surface area contributed by atoms with Gasteiger partial charge in [-0.15, -0.1) is 0 Å². The number of nitrogens with one attached hydrogen (secondary N) is 3. The van der Waals surface area contributed by atoms with Crippen LogP contribution in [-0.2, 0) is 4.79 Å². The number of rotatable bonds is 2. The van der Waals surface area contributed by atoms with Crippen LogP contribution in [0.2, 0.25) is 0 Å². The van der Waals surface area contributed by atoms with E-state index >= 15 is 0 Å². The molecule has 7 nitrogen and oxygen atoms in total. The molecule has 0 saturated heterocycles. The Morgan fingerprint density at radius 1 is 1.30 bits per heavy atom. The molecule has 1 aliphatic carbocycles. The van der Waals surface area contributed by atoms with Crippen LogP contribution in [0.1, 0.15) is 12.0 Å². The SMILES string of the molecule is O=C=C1NN=C(c2c[nH]c(=O)[nH]c2=O)C=C1C1CC1C(F)(F)F. The highest BCUT2D eigenvalue weighted by Crippen LogP contribution is 2.54. The average molecular weight is 326 g/mol. The van der Waals surface area contributed by atoms with E-state index < -0.39 is 29.3 Å². The van der Waals surface area contributed by atoms with Crippen LogP contribution in [0.25, 0.3) is 0 Å². The maximum atomic E-state index is 12.7. The molecule has 0 spiro atoms. The molecule has 3 rings (SSSR count). The van der Waals surface area contributed by atoms with Crippen molar-refractivity contribution in [3.05, 3.63) is 49.9 Å². The van der Waals surface area contributed by atoms with Crippen LogP contribution in [0, 0.1) is 11.8 Å². The number of aromatic nitrogens is 2. The van der Waals surface area contributed by atoms with Crippen molar-refractivity contribution in [3.63, 3.8) is 0 Å². The van der Waals surface area contributed by atoms with Gasteiger partial charge < -0.3 is 4.98 Å². The van der Waals surface area contributed by atoms with Gasteiger partial charge in [0.25, 0.3) is 5.56 Å². The molecule has 2 heterocycles. The third-order valence-electron chi connectivity index (χ3n) is 3.68. The van der Waals surface area contributed by atoms with Gasteiger partial charge >= 0.3 is 11.9 Å². The molecule has 120 valence electrons. The molecule has 1 saturated carbocycles. The van der Waals surface area contributed by atoms with Crippen molar-refractivity contribution in [1.82, 2.24) is 15.4 Å². The molecule has 1 aliphatic heterocycles. The fourth-order valence-corrected chi connectivity index (χ4v) is 2.45. The summed E-state index contributed by atoms with van der Waals surface area (Å²) in [6.45, 7) is 0. The van der Waals surface area contributed by atoms with Crippen LogP contribution in [0.3, 0.4) is 0 Å². The highest BCUT2D eigenvalue weighted by Gasteiger charge is 2.57. The third-order valence-corrected chi connectivity index (χ3v) is 3.68. The molecule has 10 heteroatoms. The summed E-state index contributed by atoms with van der Waals surface area (Å²) in [6.07, 6.45) is -2.17. The zero-order valence-corrected chi connectivity index (χ0v) is 11.3. The molecule has 1 fully saturated rings. The van der Waals surface area contributed by atoms with Gasteiger partial charge in [-0.25, -0.2) is 9.59 Å². The fourth-order valence-electron chi connectivity index (χ4n) is 2.45. The lowest BCUT2D eigenvalue weighted by Crippen LogP contribution is -2.29. The van der Waals surface area contributed by atoms with E-state index in [1.54, 1.807) is 0 Å². The summed E-state index contributed by atoms with van der Waals surface area (Å²) in [7, 11) is 0. The predicted octanol–water partition coefficient (Wildman–Crippen LogP) is 0.211. The molecule has 1 aromatic heterocycles.